The van der Waals surface area contributed by atoms with Crippen molar-refractivity contribution in [2.75, 3.05) is 39.6 Å². The summed E-state index contributed by atoms with van der Waals surface area (Å²) in [6, 6.07) is 0. The Morgan fingerprint density at radius 3 is 0.716 bits per heavy atom. The van der Waals surface area contributed by atoms with E-state index in [1.54, 1.807) is 0 Å². The molecule has 0 aliphatic carbocycles. The lowest BCUT2D eigenvalue weighted by molar-refractivity contribution is -0.161. The molecule has 0 bridgehead atoms. The molecule has 3 N–H and O–H groups in total. The smallest absolute Gasteiger partial charge is 0.462 e. The van der Waals surface area contributed by atoms with Crippen molar-refractivity contribution in [1.29, 1.82) is 0 Å². The number of carbonyl (C=O) groups excluding carboxylic acids is 4. The second-order valence-electron chi connectivity index (χ2n) is 28.8. The Morgan fingerprint density at radius 2 is 0.484 bits per heavy atom. The van der Waals surface area contributed by atoms with Gasteiger partial charge in [0.05, 0.1) is 26.4 Å². The Morgan fingerprint density at radius 1 is 0.284 bits per heavy atom. The number of ether oxygens (including phenoxy) is 4. The van der Waals surface area contributed by atoms with Crippen molar-refractivity contribution in [3.8, 4) is 0 Å². The fourth-order valence-corrected chi connectivity index (χ4v) is 13.2. The summed E-state index contributed by atoms with van der Waals surface area (Å²) in [5, 5.41) is 10.6. The SMILES string of the molecule is CCCCCCCCCCCCCCCCCCC(=O)OC[C@H](COP(=O)(O)OC[C@@H](O)COP(=O)(O)OC[C@@H](COC(=O)CCCCCCCCCCC(C)C)OC(=O)CCCCCCCCCCCC(C)C)OC(=O)CCCCCCCCCCCCCCCC(C)C. The molecule has 2 unspecified atom stereocenters. The van der Waals surface area contributed by atoms with E-state index < -0.39 is 97.5 Å². The van der Waals surface area contributed by atoms with Crippen LogP contribution in [0.5, 0.6) is 0 Å². The van der Waals surface area contributed by atoms with E-state index in [9.17, 15) is 43.2 Å². The van der Waals surface area contributed by atoms with Gasteiger partial charge in [0.2, 0.25) is 0 Å². The number of unbranched alkanes of at least 4 members (excludes halogenated alkanes) is 42. The molecule has 5 atom stereocenters. The number of rotatable bonds is 74. The van der Waals surface area contributed by atoms with Crippen molar-refractivity contribution in [2.45, 2.75) is 407 Å². The molecule has 0 aromatic carbocycles. The van der Waals surface area contributed by atoms with E-state index in [4.69, 9.17) is 37.0 Å². The maximum absolute atomic E-state index is 13.1. The first-order chi connectivity index (χ1) is 45.7. The lowest BCUT2D eigenvalue weighted by atomic mass is 10.0. The van der Waals surface area contributed by atoms with E-state index >= 15 is 0 Å². The zero-order valence-corrected chi connectivity index (χ0v) is 63.9. The van der Waals surface area contributed by atoms with Crippen molar-refractivity contribution in [3.63, 3.8) is 0 Å². The van der Waals surface area contributed by atoms with Gasteiger partial charge in [-0.15, -0.1) is 0 Å². The monoisotopic (exact) mass is 1400 g/mol. The van der Waals surface area contributed by atoms with Crippen LogP contribution in [0.2, 0.25) is 0 Å². The van der Waals surface area contributed by atoms with Crippen LogP contribution in [-0.4, -0.2) is 96.7 Å². The van der Waals surface area contributed by atoms with Crippen LogP contribution in [0.3, 0.4) is 0 Å². The van der Waals surface area contributed by atoms with E-state index in [2.05, 4.69) is 48.5 Å². The molecule has 0 saturated heterocycles. The molecule has 19 heteroatoms. The van der Waals surface area contributed by atoms with Gasteiger partial charge < -0.3 is 33.8 Å². The van der Waals surface area contributed by atoms with Crippen molar-refractivity contribution in [2.24, 2.45) is 17.8 Å². The van der Waals surface area contributed by atoms with E-state index in [1.807, 2.05) is 0 Å². The van der Waals surface area contributed by atoms with Gasteiger partial charge in [-0.2, -0.15) is 0 Å². The highest BCUT2D eigenvalue weighted by Gasteiger charge is 2.30. The van der Waals surface area contributed by atoms with Crippen LogP contribution < -0.4 is 0 Å². The Kier molecular flexibility index (Phi) is 65.2. The molecule has 0 aromatic rings. The lowest BCUT2D eigenvalue weighted by Gasteiger charge is -2.21. The molecule has 95 heavy (non-hydrogen) atoms. The van der Waals surface area contributed by atoms with Crippen LogP contribution in [-0.2, 0) is 65.4 Å². The fraction of sp³-hybridized carbons (Fsp3) is 0.947. The minimum atomic E-state index is -4.96. The average Bonchev–Trinajstić information content (AvgIpc) is 1.26. The summed E-state index contributed by atoms with van der Waals surface area (Å²) in [6.45, 7) is 11.9. The molecule has 0 heterocycles. The van der Waals surface area contributed by atoms with Crippen LogP contribution in [0.1, 0.15) is 389 Å². The molecular weight excluding hydrogens is 1250 g/mol. The van der Waals surface area contributed by atoms with Gasteiger partial charge in [-0.25, -0.2) is 9.13 Å². The first-order valence-electron chi connectivity index (χ1n) is 39.3. The summed E-state index contributed by atoms with van der Waals surface area (Å²) < 4.78 is 68.5. The standard InChI is InChI=1S/C76H148O17P2/c1-8-9-10-11-12-13-14-15-16-17-20-23-28-36-43-50-57-73(78)86-63-71(92-75(80)59-52-45-38-29-24-21-18-19-22-26-33-40-47-54-67(2)3)65-90-94(82,83)88-61-70(77)62-89-95(84,85)91-66-72(64-87-74(79)58-51-44-37-32-31-35-42-49-56-69(6)7)93-76(81)60-53-46-39-30-25-27-34-41-48-55-68(4)5/h67-72,77H,8-66H2,1-7H3,(H,82,83)(H,84,85)/t70-,71-,72-/m1/s1. The summed E-state index contributed by atoms with van der Waals surface area (Å²) in [5.41, 5.74) is 0. The number of phosphoric ester groups is 2. The number of hydrogen-bond acceptors (Lipinski definition) is 15. The predicted octanol–water partition coefficient (Wildman–Crippen LogP) is 22.2. The number of hydrogen-bond donors (Lipinski definition) is 3. The van der Waals surface area contributed by atoms with Gasteiger partial charge in [0.25, 0.3) is 0 Å². The van der Waals surface area contributed by atoms with Gasteiger partial charge in [-0.3, -0.25) is 37.3 Å². The topological polar surface area (TPSA) is 237 Å². The maximum atomic E-state index is 13.1. The van der Waals surface area contributed by atoms with E-state index in [-0.39, 0.29) is 25.7 Å². The zero-order valence-electron chi connectivity index (χ0n) is 62.1. The highest BCUT2D eigenvalue weighted by Crippen LogP contribution is 2.45. The van der Waals surface area contributed by atoms with E-state index in [0.29, 0.717) is 25.7 Å². The molecule has 0 aliphatic heterocycles. The quantitative estimate of drug-likeness (QED) is 0.0222. The van der Waals surface area contributed by atoms with Crippen LogP contribution in [0.15, 0.2) is 0 Å². The van der Waals surface area contributed by atoms with Crippen LogP contribution in [0, 0.1) is 17.8 Å². The number of aliphatic hydroxyl groups excluding tert-OH is 1. The minimum Gasteiger partial charge on any atom is -0.462 e. The largest absolute Gasteiger partial charge is 0.472 e. The highest BCUT2D eigenvalue weighted by molar-refractivity contribution is 7.47. The van der Waals surface area contributed by atoms with Crippen LogP contribution in [0.25, 0.3) is 0 Å². The molecule has 0 rings (SSSR count). The Balaban J connectivity index is 5.25. The van der Waals surface area contributed by atoms with Crippen molar-refractivity contribution >= 4 is 39.5 Å². The third-order valence-electron chi connectivity index (χ3n) is 17.6. The van der Waals surface area contributed by atoms with E-state index in [1.165, 1.54) is 199 Å². The third kappa shape index (κ3) is 70.3. The fourth-order valence-electron chi connectivity index (χ4n) is 11.6. The van der Waals surface area contributed by atoms with Gasteiger partial charge in [-0.05, 0) is 43.4 Å². The summed E-state index contributed by atoms with van der Waals surface area (Å²) in [5.74, 6) is 0.131. The number of phosphoric acid groups is 2. The van der Waals surface area contributed by atoms with E-state index in [0.717, 1.165) is 108 Å². The molecule has 564 valence electrons. The normalized spacial score (nSPS) is 14.1. The summed E-state index contributed by atoms with van der Waals surface area (Å²) in [4.78, 5) is 72.8. The molecule has 0 spiro atoms. The molecule has 0 fully saturated rings. The first kappa shape index (κ1) is 93.1. The van der Waals surface area contributed by atoms with Gasteiger partial charge in [0.15, 0.2) is 12.2 Å². The Hall–Kier alpha value is -1.94. The first-order valence-corrected chi connectivity index (χ1v) is 42.3. The summed E-state index contributed by atoms with van der Waals surface area (Å²) in [7, 11) is -9.91. The minimum absolute atomic E-state index is 0.105. The predicted molar refractivity (Wildman–Crippen MR) is 386 cm³/mol. The van der Waals surface area contributed by atoms with Crippen LogP contribution >= 0.6 is 15.6 Å². The number of esters is 4. The Bertz CT molecular complexity index is 1850. The molecule has 0 aromatic heterocycles. The number of carbonyl (C=O) groups is 4. The molecule has 0 radical (unpaired) electrons. The third-order valence-corrected chi connectivity index (χ3v) is 19.5. The molecule has 0 aliphatic rings. The second kappa shape index (κ2) is 66.6. The molecule has 0 saturated carbocycles. The highest BCUT2D eigenvalue weighted by atomic mass is 31.2. The van der Waals surface area contributed by atoms with Gasteiger partial charge in [0.1, 0.15) is 19.3 Å². The maximum Gasteiger partial charge on any atom is 0.472 e. The molecule has 17 nitrogen and oxygen atoms in total. The average molecular weight is 1400 g/mol. The van der Waals surface area contributed by atoms with Crippen molar-refractivity contribution in [1.82, 2.24) is 0 Å². The van der Waals surface area contributed by atoms with Gasteiger partial charge in [0, 0.05) is 25.7 Å². The van der Waals surface area contributed by atoms with Crippen molar-refractivity contribution < 1.29 is 80.2 Å². The summed E-state index contributed by atoms with van der Waals surface area (Å²) >= 11 is 0. The Labute approximate surface area is 581 Å². The van der Waals surface area contributed by atoms with Gasteiger partial charge >= 0.3 is 39.5 Å². The van der Waals surface area contributed by atoms with Crippen molar-refractivity contribution in [3.05, 3.63) is 0 Å². The zero-order chi connectivity index (χ0) is 70.1. The van der Waals surface area contributed by atoms with Gasteiger partial charge in [-0.1, -0.05) is 337 Å². The van der Waals surface area contributed by atoms with Crippen LogP contribution in [0.4, 0.5) is 0 Å². The number of aliphatic hydroxyl groups is 1. The lowest BCUT2D eigenvalue weighted by Crippen LogP contribution is -2.30. The molecular formula is C76H148O17P2. The summed E-state index contributed by atoms with van der Waals surface area (Å²) in [6.07, 6.45) is 52.7. The molecule has 0 amide bonds. The second-order valence-corrected chi connectivity index (χ2v) is 31.7.